The molecule has 3 nitrogen and oxygen atoms in total. The number of rotatable bonds is 4. The van der Waals surface area contributed by atoms with Crippen molar-refractivity contribution in [3.63, 3.8) is 0 Å². The molecule has 0 atom stereocenters. The first-order valence-electron chi connectivity index (χ1n) is 16.6. The van der Waals surface area contributed by atoms with Crippen molar-refractivity contribution >= 4 is 55.1 Å². The number of hydrogen-bond donors (Lipinski definition) is 1. The summed E-state index contributed by atoms with van der Waals surface area (Å²) in [5.74, 6) is 0. The van der Waals surface area contributed by atoms with E-state index in [-0.39, 0.29) is 5.41 Å². The van der Waals surface area contributed by atoms with Crippen LogP contribution in [0.15, 0.2) is 156 Å². The second-order valence-electron chi connectivity index (χ2n) is 13.5. The molecule has 0 radical (unpaired) electrons. The zero-order valence-electron chi connectivity index (χ0n) is 26.8. The van der Waals surface area contributed by atoms with Crippen molar-refractivity contribution in [2.24, 2.45) is 0 Å². The maximum atomic E-state index is 6.05. The number of para-hydroxylation sites is 3. The van der Waals surface area contributed by atoms with Gasteiger partial charge in [-0.1, -0.05) is 98.8 Å². The van der Waals surface area contributed by atoms with Gasteiger partial charge in [0.1, 0.15) is 11.2 Å². The van der Waals surface area contributed by atoms with Gasteiger partial charge in [-0.15, -0.1) is 0 Å². The van der Waals surface area contributed by atoms with Gasteiger partial charge in [0.05, 0.1) is 11.0 Å². The van der Waals surface area contributed by atoms with E-state index in [1.807, 2.05) is 12.1 Å². The second kappa shape index (κ2) is 9.97. The maximum Gasteiger partial charge on any atom is 0.135 e. The smallest absolute Gasteiger partial charge is 0.135 e. The quantitative estimate of drug-likeness (QED) is 0.213. The van der Waals surface area contributed by atoms with Gasteiger partial charge in [0, 0.05) is 44.0 Å². The fourth-order valence-corrected chi connectivity index (χ4v) is 7.97. The van der Waals surface area contributed by atoms with E-state index in [1.54, 1.807) is 0 Å². The highest BCUT2D eigenvalue weighted by atomic mass is 16.3. The van der Waals surface area contributed by atoms with Crippen LogP contribution in [0.1, 0.15) is 25.0 Å². The van der Waals surface area contributed by atoms with Crippen molar-refractivity contribution in [2.45, 2.75) is 19.3 Å². The van der Waals surface area contributed by atoms with Crippen LogP contribution in [-0.4, -0.2) is 4.57 Å². The molecule has 1 aliphatic carbocycles. The molecule has 0 unspecified atom stereocenters. The topological polar surface area (TPSA) is 30.1 Å². The van der Waals surface area contributed by atoms with Crippen LogP contribution in [0.2, 0.25) is 0 Å². The Morgan fingerprint density at radius 2 is 1.10 bits per heavy atom. The van der Waals surface area contributed by atoms with E-state index in [0.717, 1.165) is 33.3 Å². The fraction of sp³-hybridized carbons (Fsp3) is 0.0667. The first-order valence-corrected chi connectivity index (χ1v) is 16.6. The largest absolute Gasteiger partial charge is 0.456 e. The molecular formula is C45H32N2O. The minimum Gasteiger partial charge on any atom is -0.456 e. The first kappa shape index (κ1) is 27.1. The molecule has 228 valence electrons. The Morgan fingerprint density at radius 1 is 0.479 bits per heavy atom. The molecule has 0 saturated carbocycles. The monoisotopic (exact) mass is 616 g/mol. The summed E-state index contributed by atoms with van der Waals surface area (Å²) in [4.78, 5) is 0. The Bertz CT molecular complexity index is 2730. The molecule has 3 heteroatoms. The summed E-state index contributed by atoms with van der Waals surface area (Å²) in [5, 5.41) is 8.49. The Kier molecular flexibility index (Phi) is 5.63. The van der Waals surface area contributed by atoms with E-state index in [4.69, 9.17) is 4.42 Å². The van der Waals surface area contributed by atoms with Gasteiger partial charge in [-0.2, -0.15) is 0 Å². The van der Waals surface area contributed by atoms with Crippen LogP contribution >= 0.6 is 0 Å². The number of aromatic nitrogens is 1. The molecular weight excluding hydrogens is 585 g/mol. The number of hydrogen-bond acceptors (Lipinski definition) is 2. The van der Waals surface area contributed by atoms with Crippen molar-refractivity contribution in [3.8, 4) is 27.9 Å². The molecule has 0 saturated heterocycles. The van der Waals surface area contributed by atoms with Crippen molar-refractivity contribution < 1.29 is 4.42 Å². The van der Waals surface area contributed by atoms with Crippen molar-refractivity contribution in [3.05, 3.63) is 163 Å². The number of anilines is 2. The van der Waals surface area contributed by atoms with Crippen LogP contribution in [-0.2, 0) is 5.41 Å². The molecule has 2 aromatic heterocycles. The third-order valence-electron chi connectivity index (χ3n) is 10.4. The van der Waals surface area contributed by atoms with Gasteiger partial charge >= 0.3 is 0 Å². The zero-order chi connectivity index (χ0) is 32.0. The van der Waals surface area contributed by atoms with Crippen molar-refractivity contribution in [1.82, 2.24) is 4.57 Å². The molecule has 1 aliphatic rings. The lowest BCUT2D eigenvalue weighted by Gasteiger charge is -2.23. The van der Waals surface area contributed by atoms with Crippen molar-refractivity contribution in [1.29, 1.82) is 0 Å². The average molecular weight is 617 g/mol. The number of furan rings is 1. The molecule has 9 aromatic rings. The SMILES string of the molecule is CC1(C)c2cc(Nc3ccc4oc5ccccc5c4c3)ccc2-c2ccc(-c3ccc4c5ccccc5n(-c5ccccc5)c4c3)cc21. The van der Waals surface area contributed by atoms with Crippen LogP contribution in [0, 0.1) is 0 Å². The summed E-state index contributed by atoms with van der Waals surface area (Å²) in [6.07, 6.45) is 0. The summed E-state index contributed by atoms with van der Waals surface area (Å²) < 4.78 is 8.45. The molecule has 0 aliphatic heterocycles. The normalized spacial score (nSPS) is 13.4. The lowest BCUT2D eigenvalue weighted by atomic mass is 9.81. The average Bonchev–Trinajstić information content (AvgIpc) is 3.73. The van der Waals surface area contributed by atoms with Crippen LogP contribution < -0.4 is 5.32 Å². The number of fused-ring (bicyclic) bond motifs is 9. The van der Waals surface area contributed by atoms with Crippen LogP contribution in [0.5, 0.6) is 0 Å². The van der Waals surface area contributed by atoms with E-state index in [9.17, 15) is 0 Å². The number of nitrogens with zero attached hydrogens (tertiary/aromatic N) is 1. The predicted octanol–water partition coefficient (Wildman–Crippen LogP) is 12.4. The Morgan fingerprint density at radius 3 is 1.98 bits per heavy atom. The predicted molar refractivity (Wildman–Crippen MR) is 201 cm³/mol. The van der Waals surface area contributed by atoms with Gasteiger partial charge in [0.15, 0.2) is 0 Å². The summed E-state index contributed by atoms with van der Waals surface area (Å²) >= 11 is 0. The molecule has 2 heterocycles. The summed E-state index contributed by atoms with van der Waals surface area (Å²) in [6.45, 7) is 4.71. The van der Waals surface area contributed by atoms with Gasteiger partial charge in [-0.3, -0.25) is 0 Å². The Hall–Kier alpha value is -6.06. The molecule has 10 rings (SSSR count). The Balaban J connectivity index is 1.03. The Labute approximate surface area is 278 Å². The summed E-state index contributed by atoms with van der Waals surface area (Å²) in [5.41, 5.74) is 15.2. The number of benzene rings is 7. The molecule has 1 N–H and O–H groups in total. The van der Waals surface area contributed by atoms with Gasteiger partial charge in [0.25, 0.3) is 0 Å². The third kappa shape index (κ3) is 3.94. The van der Waals surface area contributed by atoms with Gasteiger partial charge < -0.3 is 14.3 Å². The molecule has 0 fully saturated rings. The minimum atomic E-state index is -0.147. The van der Waals surface area contributed by atoms with E-state index in [1.165, 1.54) is 60.9 Å². The van der Waals surface area contributed by atoms with Crippen LogP contribution in [0.3, 0.4) is 0 Å². The lowest BCUT2D eigenvalue weighted by Crippen LogP contribution is -2.15. The standard InChI is InChI=1S/C45H32N2O/c1-45(2)39-24-28(29-17-21-36-35-12-6-8-14-41(35)47(42(36)25-29)32-10-4-3-5-11-32)16-20-33(39)34-22-18-31(27-40(34)45)46-30-19-23-44-38(26-30)37-13-7-9-15-43(37)48-44/h3-27,46H,1-2H3. The highest BCUT2D eigenvalue weighted by molar-refractivity contribution is 6.10. The maximum absolute atomic E-state index is 6.05. The lowest BCUT2D eigenvalue weighted by molar-refractivity contribution is 0.661. The highest BCUT2D eigenvalue weighted by Crippen LogP contribution is 2.51. The number of nitrogens with one attached hydrogen (secondary N) is 1. The molecule has 0 spiro atoms. The molecule has 0 bridgehead atoms. The minimum absolute atomic E-state index is 0.147. The molecule has 48 heavy (non-hydrogen) atoms. The van der Waals surface area contributed by atoms with Crippen LogP contribution in [0.4, 0.5) is 11.4 Å². The van der Waals surface area contributed by atoms with Gasteiger partial charge in [-0.05, 0) is 100 Å². The second-order valence-corrected chi connectivity index (χ2v) is 13.5. The molecule has 7 aromatic carbocycles. The van der Waals surface area contributed by atoms with E-state index in [2.05, 4.69) is 163 Å². The summed E-state index contributed by atoms with van der Waals surface area (Å²) in [7, 11) is 0. The summed E-state index contributed by atoms with van der Waals surface area (Å²) in [6, 6.07) is 54.7. The first-order chi connectivity index (χ1) is 23.5. The fourth-order valence-electron chi connectivity index (χ4n) is 7.97. The van der Waals surface area contributed by atoms with Gasteiger partial charge in [-0.25, -0.2) is 0 Å². The zero-order valence-corrected chi connectivity index (χ0v) is 26.8. The van der Waals surface area contributed by atoms with E-state index < -0.39 is 0 Å². The van der Waals surface area contributed by atoms with Crippen LogP contribution in [0.25, 0.3) is 71.7 Å². The molecule has 0 amide bonds. The highest BCUT2D eigenvalue weighted by Gasteiger charge is 2.36. The van der Waals surface area contributed by atoms with E-state index in [0.29, 0.717) is 0 Å². The van der Waals surface area contributed by atoms with Gasteiger partial charge in [0.2, 0.25) is 0 Å². The van der Waals surface area contributed by atoms with E-state index >= 15 is 0 Å². The van der Waals surface area contributed by atoms with Crippen molar-refractivity contribution in [2.75, 3.05) is 5.32 Å². The third-order valence-corrected chi connectivity index (χ3v) is 10.4.